The summed E-state index contributed by atoms with van der Waals surface area (Å²) in [6, 6.07) is 9.36. The summed E-state index contributed by atoms with van der Waals surface area (Å²) in [6.07, 6.45) is 1.37. The Morgan fingerprint density at radius 2 is 1.94 bits per heavy atom. The van der Waals surface area contributed by atoms with Gasteiger partial charge in [-0.15, -0.1) is 0 Å². The van der Waals surface area contributed by atoms with E-state index < -0.39 is 50.2 Å². The largest absolute Gasteiger partial charge is 0.423 e. The number of Topliss-reactive ketones (excluding diaryl/α,β-unsaturated/α-hetero) is 1. The van der Waals surface area contributed by atoms with E-state index in [1.165, 1.54) is 36.5 Å². The fourth-order valence-electron chi connectivity index (χ4n) is 3.86. The van der Waals surface area contributed by atoms with Crippen LogP contribution in [0.5, 0.6) is 0 Å². The molecule has 0 amide bonds. The van der Waals surface area contributed by atoms with E-state index in [4.69, 9.17) is 16.0 Å². The lowest BCUT2D eigenvalue weighted by atomic mass is 9.92. The number of pyridine rings is 1. The second kappa shape index (κ2) is 8.43. The summed E-state index contributed by atoms with van der Waals surface area (Å²) in [7, 11) is -4.35. The van der Waals surface area contributed by atoms with Gasteiger partial charge in [0, 0.05) is 29.8 Å². The Hall–Kier alpha value is -3.83. The molecule has 0 radical (unpaired) electrons. The SMILES string of the molecule is O=C(c1c(F)ccc(NS(=O)(=O)c2ccc3oc(=O)ccc3c2)c1F)C1CNc2ncc(Cl)cc21. The zero-order valence-corrected chi connectivity index (χ0v) is 19.1. The van der Waals surface area contributed by atoms with Crippen molar-refractivity contribution in [1.82, 2.24) is 4.98 Å². The summed E-state index contributed by atoms with van der Waals surface area (Å²) in [5.41, 5.74) is -1.54. The Bertz CT molecular complexity index is 1690. The lowest BCUT2D eigenvalue weighted by molar-refractivity contribution is 0.0958. The Morgan fingerprint density at radius 1 is 1.14 bits per heavy atom. The van der Waals surface area contributed by atoms with Crippen LogP contribution in [0.4, 0.5) is 20.3 Å². The van der Waals surface area contributed by atoms with Crippen molar-refractivity contribution in [2.45, 2.75) is 10.8 Å². The predicted octanol–water partition coefficient (Wildman–Crippen LogP) is 4.31. The first-order valence-electron chi connectivity index (χ1n) is 10.1. The summed E-state index contributed by atoms with van der Waals surface area (Å²) >= 11 is 5.95. The molecule has 1 atom stereocenters. The average molecular weight is 518 g/mol. The molecule has 0 fully saturated rings. The van der Waals surface area contributed by atoms with Gasteiger partial charge in [0.1, 0.15) is 17.2 Å². The topological polar surface area (TPSA) is 118 Å². The van der Waals surface area contributed by atoms with E-state index in [9.17, 15) is 22.4 Å². The molecule has 4 aromatic rings. The van der Waals surface area contributed by atoms with Crippen molar-refractivity contribution in [2.75, 3.05) is 16.6 Å². The average Bonchev–Trinajstić information content (AvgIpc) is 3.23. The molecule has 8 nitrogen and oxygen atoms in total. The van der Waals surface area contributed by atoms with Crippen molar-refractivity contribution in [2.24, 2.45) is 0 Å². The number of fused-ring (bicyclic) bond motifs is 2. The van der Waals surface area contributed by atoms with Gasteiger partial charge in [-0.2, -0.15) is 0 Å². The van der Waals surface area contributed by atoms with Crippen LogP contribution in [0.3, 0.4) is 0 Å². The van der Waals surface area contributed by atoms with Crippen LogP contribution in [0, 0.1) is 11.6 Å². The number of hydrogen-bond acceptors (Lipinski definition) is 7. The molecular weight excluding hydrogens is 504 g/mol. The lowest BCUT2D eigenvalue weighted by Crippen LogP contribution is -2.20. The molecule has 0 saturated heterocycles. The molecule has 2 N–H and O–H groups in total. The minimum atomic E-state index is -4.35. The minimum absolute atomic E-state index is 0.0452. The maximum atomic E-state index is 15.3. The van der Waals surface area contributed by atoms with Gasteiger partial charge in [-0.25, -0.2) is 27.0 Å². The van der Waals surface area contributed by atoms with Crippen molar-refractivity contribution in [3.8, 4) is 0 Å². The Labute approximate surface area is 201 Å². The first-order chi connectivity index (χ1) is 16.6. The number of benzene rings is 2. The van der Waals surface area contributed by atoms with Crippen molar-refractivity contribution >= 4 is 49.9 Å². The number of carbonyl (C=O) groups excluding carboxylic acids is 1. The highest BCUT2D eigenvalue weighted by Crippen LogP contribution is 2.36. The van der Waals surface area contributed by atoms with Gasteiger partial charge in [0.15, 0.2) is 11.6 Å². The molecule has 0 bridgehead atoms. The van der Waals surface area contributed by atoms with E-state index in [0.29, 0.717) is 16.8 Å². The van der Waals surface area contributed by atoms with Crippen LogP contribution in [0.25, 0.3) is 11.0 Å². The zero-order chi connectivity index (χ0) is 24.9. The van der Waals surface area contributed by atoms with E-state index in [-0.39, 0.29) is 22.0 Å². The van der Waals surface area contributed by atoms with E-state index in [2.05, 4.69) is 15.0 Å². The fraction of sp³-hybridized carbons (Fsp3) is 0.0870. The standard InChI is InChI=1S/C23H14ClF2N3O5S/c24-12-8-14-15(10-28-23(14)27-9-12)22(31)20-16(25)3-4-17(21(20)26)29-35(32,33)13-2-5-18-11(7-13)1-6-19(30)34-18/h1-9,15,29H,10H2,(H,27,28). The number of anilines is 2. The highest BCUT2D eigenvalue weighted by molar-refractivity contribution is 7.92. The number of ketones is 1. The molecule has 2 aromatic carbocycles. The van der Waals surface area contributed by atoms with Crippen LogP contribution < -0.4 is 15.7 Å². The van der Waals surface area contributed by atoms with Crippen molar-refractivity contribution < 1.29 is 26.4 Å². The number of sulfonamides is 1. The molecule has 0 spiro atoms. The number of hydrogen-bond donors (Lipinski definition) is 2. The number of aromatic nitrogens is 1. The molecular formula is C23H14ClF2N3O5S. The van der Waals surface area contributed by atoms with Gasteiger partial charge in [-0.3, -0.25) is 9.52 Å². The van der Waals surface area contributed by atoms with Crippen LogP contribution in [0.15, 0.2) is 68.8 Å². The quantitative estimate of drug-likeness (QED) is 0.299. The molecule has 1 unspecified atom stereocenters. The minimum Gasteiger partial charge on any atom is -0.423 e. The first kappa shape index (κ1) is 22.9. The molecule has 2 aromatic heterocycles. The normalized spacial score (nSPS) is 15.0. The molecule has 12 heteroatoms. The van der Waals surface area contributed by atoms with Crippen molar-refractivity contribution in [3.63, 3.8) is 0 Å². The van der Waals surface area contributed by atoms with Crippen LogP contribution in [0.1, 0.15) is 21.8 Å². The van der Waals surface area contributed by atoms with Crippen LogP contribution in [-0.4, -0.2) is 25.7 Å². The molecule has 1 aliphatic heterocycles. The second-order valence-electron chi connectivity index (χ2n) is 7.73. The number of halogens is 3. The highest BCUT2D eigenvalue weighted by Gasteiger charge is 2.34. The van der Waals surface area contributed by atoms with Gasteiger partial charge in [0.2, 0.25) is 0 Å². The van der Waals surface area contributed by atoms with E-state index >= 15 is 4.39 Å². The number of carbonyl (C=O) groups is 1. The third-order valence-electron chi connectivity index (χ3n) is 5.53. The second-order valence-corrected chi connectivity index (χ2v) is 9.85. The van der Waals surface area contributed by atoms with Crippen molar-refractivity contribution in [1.29, 1.82) is 0 Å². The lowest BCUT2D eigenvalue weighted by Gasteiger charge is -2.14. The molecule has 178 valence electrons. The predicted molar refractivity (Wildman–Crippen MR) is 124 cm³/mol. The van der Waals surface area contributed by atoms with Gasteiger partial charge in [-0.05, 0) is 42.5 Å². The molecule has 0 saturated carbocycles. The van der Waals surface area contributed by atoms with Crippen LogP contribution in [-0.2, 0) is 10.0 Å². The summed E-state index contributed by atoms with van der Waals surface area (Å²) in [4.78, 5) is 28.2. The molecule has 3 heterocycles. The summed E-state index contributed by atoms with van der Waals surface area (Å²) in [5.74, 6) is -3.98. The fourth-order valence-corrected chi connectivity index (χ4v) is 5.12. The Balaban J connectivity index is 1.50. The van der Waals surface area contributed by atoms with Crippen molar-refractivity contribution in [3.05, 3.63) is 92.9 Å². The maximum Gasteiger partial charge on any atom is 0.336 e. The Kier molecular flexibility index (Phi) is 5.53. The summed E-state index contributed by atoms with van der Waals surface area (Å²) in [6.45, 7) is 0.0452. The molecule has 0 aliphatic carbocycles. The summed E-state index contributed by atoms with van der Waals surface area (Å²) in [5, 5.41) is 3.46. The third kappa shape index (κ3) is 4.13. The van der Waals surface area contributed by atoms with E-state index in [0.717, 1.165) is 18.2 Å². The zero-order valence-electron chi connectivity index (χ0n) is 17.5. The monoisotopic (exact) mass is 517 g/mol. The van der Waals surface area contributed by atoms with Gasteiger partial charge in [0.25, 0.3) is 10.0 Å². The highest BCUT2D eigenvalue weighted by atomic mass is 35.5. The van der Waals surface area contributed by atoms with Gasteiger partial charge < -0.3 is 9.73 Å². The molecule has 35 heavy (non-hydrogen) atoms. The van der Waals surface area contributed by atoms with Gasteiger partial charge in [-0.1, -0.05) is 11.6 Å². The summed E-state index contributed by atoms with van der Waals surface area (Å²) < 4.78 is 62.8. The molecule has 5 rings (SSSR count). The van der Waals surface area contributed by atoms with Gasteiger partial charge in [0.05, 0.1) is 27.1 Å². The third-order valence-corrected chi connectivity index (χ3v) is 7.10. The molecule has 1 aliphatic rings. The number of rotatable bonds is 5. The maximum absolute atomic E-state index is 15.3. The van der Waals surface area contributed by atoms with E-state index in [1.807, 2.05) is 0 Å². The first-order valence-corrected chi connectivity index (χ1v) is 12.0. The van der Waals surface area contributed by atoms with Crippen LogP contribution in [0.2, 0.25) is 5.02 Å². The Morgan fingerprint density at radius 3 is 2.74 bits per heavy atom. The van der Waals surface area contributed by atoms with E-state index in [1.54, 1.807) is 0 Å². The smallest absolute Gasteiger partial charge is 0.336 e. The van der Waals surface area contributed by atoms with Crippen LogP contribution >= 0.6 is 11.6 Å². The number of nitrogens with zero attached hydrogens (tertiary/aromatic N) is 1. The van der Waals surface area contributed by atoms with Gasteiger partial charge >= 0.3 is 5.63 Å². The number of nitrogens with one attached hydrogen (secondary N) is 2.